The van der Waals surface area contributed by atoms with Gasteiger partial charge in [-0.15, -0.1) is 5.10 Å². The van der Waals surface area contributed by atoms with Crippen LogP contribution in [0.15, 0.2) is 53.7 Å². The van der Waals surface area contributed by atoms with Crippen LogP contribution in [0.3, 0.4) is 0 Å². The number of nitrogens with one attached hydrogen (secondary N) is 1. The number of halogens is 1. The van der Waals surface area contributed by atoms with Crippen LogP contribution in [0, 0.1) is 12.7 Å². The minimum atomic E-state index is -0.350. The molecule has 0 unspecified atom stereocenters. The number of carbonyl (C=O) groups excluding carboxylic acids is 1. The third-order valence-corrected chi connectivity index (χ3v) is 4.42. The van der Waals surface area contributed by atoms with E-state index in [1.165, 1.54) is 17.8 Å². The SMILES string of the molecule is Cc1ccc(NC(=O)CSc2nnnn2Cc2ccccc2)cc1F. The molecule has 0 bridgehead atoms. The summed E-state index contributed by atoms with van der Waals surface area (Å²) in [5.74, 6) is -0.468. The maximum absolute atomic E-state index is 13.5. The number of hydrogen-bond donors (Lipinski definition) is 1. The lowest BCUT2D eigenvalue weighted by molar-refractivity contribution is -0.113. The number of amides is 1. The van der Waals surface area contributed by atoms with Crippen molar-refractivity contribution >= 4 is 23.4 Å². The fourth-order valence-corrected chi connectivity index (χ4v) is 2.83. The number of thioether (sulfide) groups is 1. The third-order valence-electron chi connectivity index (χ3n) is 3.46. The highest BCUT2D eigenvalue weighted by Crippen LogP contribution is 2.17. The first kappa shape index (κ1) is 17.1. The van der Waals surface area contributed by atoms with Crippen molar-refractivity contribution in [3.63, 3.8) is 0 Å². The van der Waals surface area contributed by atoms with Gasteiger partial charge in [0.1, 0.15) is 5.82 Å². The lowest BCUT2D eigenvalue weighted by Crippen LogP contribution is -2.15. The number of anilines is 1. The normalized spacial score (nSPS) is 10.6. The van der Waals surface area contributed by atoms with Crippen LogP contribution in [0.4, 0.5) is 10.1 Å². The minimum Gasteiger partial charge on any atom is -0.325 e. The highest BCUT2D eigenvalue weighted by atomic mass is 32.2. The van der Waals surface area contributed by atoms with Crippen molar-refractivity contribution in [1.82, 2.24) is 20.2 Å². The number of hydrogen-bond acceptors (Lipinski definition) is 5. The second-order valence-corrected chi connectivity index (χ2v) is 6.35. The van der Waals surface area contributed by atoms with E-state index in [-0.39, 0.29) is 17.5 Å². The number of rotatable bonds is 6. The molecule has 1 amide bonds. The molecule has 0 radical (unpaired) electrons. The molecule has 0 aliphatic carbocycles. The Morgan fingerprint density at radius 1 is 1.24 bits per heavy atom. The highest BCUT2D eigenvalue weighted by Gasteiger charge is 2.11. The quantitative estimate of drug-likeness (QED) is 0.687. The molecule has 0 saturated heterocycles. The molecule has 0 aliphatic rings. The minimum absolute atomic E-state index is 0.130. The largest absolute Gasteiger partial charge is 0.325 e. The zero-order valence-electron chi connectivity index (χ0n) is 13.5. The average molecular weight is 357 g/mol. The Kier molecular flexibility index (Phi) is 5.39. The molecular weight excluding hydrogens is 341 g/mol. The first-order chi connectivity index (χ1) is 12.1. The summed E-state index contributed by atoms with van der Waals surface area (Å²) in [6.45, 7) is 2.20. The molecule has 2 aromatic carbocycles. The van der Waals surface area contributed by atoms with Gasteiger partial charge in [0.15, 0.2) is 0 Å². The van der Waals surface area contributed by atoms with E-state index in [1.807, 2.05) is 30.3 Å². The van der Waals surface area contributed by atoms with Crippen molar-refractivity contribution in [1.29, 1.82) is 0 Å². The van der Waals surface area contributed by atoms with Crippen LogP contribution in [0.1, 0.15) is 11.1 Å². The van der Waals surface area contributed by atoms with E-state index >= 15 is 0 Å². The Morgan fingerprint density at radius 3 is 2.80 bits per heavy atom. The van der Waals surface area contributed by atoms with E-state index in [1.54, 1.807) is 23.7 Å². The summed E-state index contributed by atoms with van der Waals surface area (Å²) in [5, 5.41) is 14.8. The zero-order valence-corrected chi connectivity index (χ0v) is 14.3. The second-order valence-electron chi connectivity index (χ2n) is 5.41. The first-order valence-electron chi connectivity index (χ1n) is 7.61. The van der Waals surface area contributed by atoms with Gasteiger partial charge in [-0.25, -0.2) is 9.07 Å². The third kappa shape index (κ3) is 4.63. The summed E-state index contributed by atoms with van der Waals surface area (Å²) in [6, 6.07) is 14.4. The lowest BCUT2D eigenvalue weighted by Gasteiger charge is -2.07. The fourth-order valence-electron chi connectivity index (χ4n) is 2.15. The van der Waals surface area contributed by atoms with Gasteiger partial charge in [0, 0.05) is 5.69 Å². The van der Waals surface area contributed by atoms with Crippen molar-refractivity contribution in [2.45, 2.75) is 18.6 Å². The van der Waals surface area contributed by atoms with E-state index < -0.39 is 0 Å². The summed E-state index contributed by atoms with van der Waals surface area (Å²) < 4.78 is 15.2. The monoisotopic (exact) mass is 357 g/mol. The van der Waals surface area contributed by atoms with E-state index in [0.29, 0.717) is 23.0 Å². The van der Waals surface area contributed by atoms with Crippen LogP contribution in [0.5, 0.6) is 0 Å². The van der Waals surface area contributed by atoms with E-state index in [0.717, 1.165) is 5.56 Å². The van der Waals surface area contributed by atoms with E-state index in [9.17, 15) is 9.18 Å². The predicted molar refractivity (Wildman–Crippen MR) is 93.9 cm³/mol. The van der Waals surface area contributed by atoms with Crippen LogP contribution in [0.2, 0.25) is 0 Å². The summed E-state index contributed by atoms with van der Waals surface area (Å²) in [5.41, 5.74) is 2.03. The Labute approximate surface area is 148 Å². The number of aromatic nitrogens is 4. The van der Waals surface area contributed by atoms with Gasteiger partial charge >= 0.3 is 0 Å². The van der Waals surface area contributed by atoms with Crippen molar-refractivity contribution in [2.24, 2.45) is 0 Å². The fraction of sp³-hybridized carbons (Fsp3) is 0.176. The summed E-state index contributed by atoms with van der Waals surface area (Å²) >= 11 is 1.23. The standard InChI is InChI=1S/C17H16FN5OS/c1-12-7-8-14(9-15(12)18)19-16(24)11-25-17-20-21-22-23(17)10-13-5-3-2-4-6-13/h2-9H,10-11H2,1H3,(H,19,24). The van der Waals surface area contributed by atoms with E-state index in [2.05, 4.69) is 20.8 Å². The molecule has 3 rings (SSSR count). The van der Waals surface area contributed by atoms with Gasteiger partial charge in [-0.3, -0.25) is 4.79 Å². The van der Waals surface area contributed by atoms with Crippen molar-refractivity contribution in [3.8, 4) is 0 Å². The lowest BCUT2D eigenvalue weighted by atomic mass is 10.2. The molecule has 25 heavy (non-hydrogen) atoms. The number of carbonyl (C=O) groups is 1. The molecule has 0 atom stereocenters. The van der Waals surface area contributed by atoms with E-state index in [4.69, 9.17) is 0 Å². The number of nitrogens with zero attached hydrogens (tertiary/aromatic N) is 4. The Morgan fingerprint density at radius 2 is 2.04 bits per heavy atom. The molecule has 0 spiro atoms. The molecule has 1 N–H and O–H groups in total. The van der Waals surface area contributed by atoms with Gasteiger partial charge in [-0.05, 0) is 40.6 Å². The molecule has 1 heterocycles. The second kappa shape index (κ2) is 7.89. The van der Waals surface area contributed by atoms with Crippen LogP contribution in [-0.4, -0.2) is 31.9 Å². The smallest absolute Gasteiger partial charge is 0.234 e. The molecule has 1 aromatic heterocycles. The highest BCUT2D eigenvalue weighted by molar-refractivity contribution is 7.99. The predicted octanol–water partition coefficient (Wildman–Crippen LogP) is 2.90. The Bertz CT molecular complexity index is 868. The van der Waals surface area contributed by atoms with Crippen LogP contribution in [-0.2, 0) is 11.3 Å². The Hall–Kier alpha value is -2.74. The summed E-state index contributed by atoms with van der Waals surface area (Å²) in [7, 11) is 0. The molecule has 8 heteroatoms. The van der Waals surface area contributed by atoms with Crippen LogP contribution in [0.25, 0.3) is 0 Å². The number of tetrazole rings is 1. The summed E-state index contributed by atoms with van der Waals surface area (Å²) in [6.07, 6.45) is 0. The molecule has 0 fully saturated rings. The summed E-state index contributed by atoms with van der Waals surface area (Å²) in [4.78, 5) is 12.0. The van der Waals surface area contributed by atoms with Crippen molar-refractivity contribution in [2.75, 3.05) is 11.1 Å². The maximum Gasteiger partial charge on any atom is 0.234 e. The van der Waals surface area contributed by atoms with Gasteiger partial charge in [-0.2, -0.15) is 0 Å². The molecule has 128 valence electrons. The topological polar surface area (TPSA) is 72.7 Å². The van der Waals surface area contributed by atoms with Crippen LogP contribution >= 0.6 is 11.8 Å². The van der Waals surface area contributed by atoms with Gasteiger partial charge in [-0.1, -0.05) is 48.2 Å². The molecule has 6 nitrogen and oxygen atoms in total. The average Bonchev–Trinajstić information content (AvgIpc) is 3.04. The first-order valence-corrected chi connectivity index (χ1v) is 8.59. The number of benzene rings is 2. The Balaban J connectivity index is 1.57. The van der Waals surface area contributed by atoms with Crippen LogP contribution < -0.4 is 5.32 Å². The maximum atomic E-state index is 13.5. The molecular formula is C17H16FN5OS. The molecule has 0 aliphatic heterocycles. The van der Waals surface area contributed by atoms with Gasteiger partial charge < -0.3 is 5.32 Å². The van der Waals surface area contributed by atoms with Gasteiger partial charge in [0.2, 0.25) is 11.1 Å². The molecule has 3 aromatic rings. The van der Waals surface area contributed by atoms with Gasteiger partial charge in [0.05, 0.1) is 12.3 Å². The number of aryl methyl sites for hydroxylation is 1. The van der Waals surface area contributed by atoms with Crippen molar-refractivity contribution < 1.29 is 9.18 Å². The van der Waals surface area contributed by atoms with Crippen molar-refractivity contribution in [3.05, 3.63) is 65.5 Å². The van der Waals surface area contributed by atoms with Gasteiger partial charge in [0.25, 0.3) is 0 Å². The molecule has 0 saturated carbocycles. The zero-order chi connectivity index (χ0) is 17.6.